The molecule has 0 amide bonds. The Morgan fingerprint density at radius 1 is 1.50 bits per heavy atom. The van der Waals surface area contributed by atoms with Gasteiger partial charge in [0.15, 0.2) is 11.5 Å². The Kier molecular flexibility index (Phi) is 4.01. The lowest BCUT2D eigenvalue weighted by Gasteiger charge is -2.06. The lowest BCUT2D eigenvalue weighted by molar-refractivity contribution is 0.308. The Bertz CT molecular complexity index is 321. The summed E-state index contributed by atoms with van der Waals surface area (Å²) in [6.45, 7) is 2.78. The molecule has 0 saturated carbocycles. The van der Waals surface area contributed by atoms with E-state index in [1.54, 1.807) is 12.1 Å². The standard InChI is InChI=1S/C11H15NO2/c1-2-3-9-4-5-11(10(13)8-9)14-7-6-12/h2-5,8,13H,6-7,12H2,1H3. The summed E-state index contributed by atoms with van der Waals surface area (Å²) in [4.78, 5) is 0. The van der Waals surface area contributed by atoms with Gasteiger partial charge in [-0.05, 0) is 24.6 Å². The molecule has 0 bridgehead atoms. The fourth-order valence-electron chi connectivity index (χ4n) is 1.12. The van der Waals surface area contributed by atoms with Gasteiger partial charge >= 0.3 is 0 Å². The van der Waals surface area contributed by atoms with Gasteiger partial charge in [0.2, 0.25) is 0 Å². The van der Waals surface area contributed by atoms with E-state index < -0.39 is 0 Å². The first-order valence-corrected chi connectivity index (χ1v) is 4.56. The van der Waals surface area contributed by atoms with Crippen molar-refractivity contribution in [3.8, 4) is 11.5 Å². The van der Waals surface area contributed by atoms with Crippen LogP contribution in [0.2, 0.25) is 0 Å². The van der Waals surface area contributed by atoms with Crippen LogP contribution in [0, 0.1) is 0 Å². The molecule has 0 aliphatic heterocycles. The predicted molar refractivity (Wildman–Crippen MR) is 57.4 cm³/mol. The number of aromatic hydroxyl groups is 1. The maximum Gasteiger partial charge on any atom is 0.161 e. The molecule has 1 rings (SSSR count). The van der Waals surface area contributed by atoms with Crippen LogP contribution in [0.1, 0.15) is 12.5 Å². The van der Waals surface area contributed by atoms with Gasteiger partial charge in [-0.15, -0.1) is 0 Å². The van der Waals surface area contributed by atoms with Crippen molar-refractivity contribution in [2.45, 2.75) is 6.92 Å². The van der Waals surface area contributed by atoms with Gasteiger partial charge < -0.3 is 15.6 Å². The van der Waals surface area contributed by atoms with Crippen LogP contribution in [0.25, 0.3) is 6.08 Å². The summed E-state index contributed by atoms with van der Waals surface area (Å²) < 4.78 is 5.22. The highest BCUT2D eigenvalue weighted by Gasteiger charge is 2.01. The van der Waals surface area contributed by atoms with Gasteiger partial charge in [-0.25, -0.2) is 0 Å². The van der Waals surface area contributed by atoms with Gasteiger partial charge in [0.25, 0.3) is 0 Å². The lowest BCUT2D eigenvalue weighted by atomic mass is 10.2. The molecule has 76 valence electrons. The van der Waals surface area contributed by atoms with Crippen molar-refractivity contribution >= 4 is 6.08 Å². The number of phenols is 1. The van der Waals surface area contributed by atoms with Crippen molar-refractivity contribution in [3.05, 3.63) is 29.8 Å². The van der Waals surface area contributed by atoms with Crippen LogP contribution in [-0.4, -0.2) is 18.3 Å². The van der Waals surface area contributed by atoms with Crippen molar-refractivity contribution in [2.24, 2.45) is 5.73 Å². The quantitative estimate of drug-likeness (QED) is 0.766. The second kappa shape index (κ2) is 5.29. The maximum absolute atomic E-state index is 9.54. The van der Waals surface area contributed by atoms with Crippen molar-refractivity contribution < 1.29 is 9.84 Å². The monoisotopic (exact) mass is 193 g/mol. The Morgan fingerprint density at radius 3 is 2.86 bits per heavy atom. The molecule has 3 heteroatoms. The van der Waals surface area contributed by atoms with E-state index in [9.17, 15) is 5.11 Å². The molecule has 0 fully saturated rings. The molecule has 3 nitrogen and oxygen atoms in total. The summed E-state index contributed by atoms with van der Waals surface area (Å²) in [5, 5.41) is 9.54. The third-order valence-corrected chi connectivity index (χ3v) is 1.72. The van der Waals surface area contributed by atoms with E-state index in [2.05, 4.69) is 0 Å². The predicted octanol–water partition coefficient (Wildman–Crippen LogP) is 1.76. The van der Waals surface area contributed by atoms with Gasteiger partial charge in [-0.2, -0.15) is 0 Å². The Labute approximate surface area is 83.8 Å². The maximum atomic E-state index is 9.54. The van der Waals surface area contributed by atoms with E-state index in [-0.39, 0.29) is 5.75 Å². The van der Waals surface area contributed by atoms with Crippen LogP contribution in [0.15, 0.2) is 24.3 Å². The molecule has 0 heterocycles. The second-order valence-corrected chi connectivity index (χ2v) is 2.86. The van der Waals surface area contributed by atoms with Gasteiger partial charge in [0, 0.05) is 6.54 Å². The highest BCUT2D eigenvalue weighted by Crippen LogP contribution is 2.27. The molecule has 3 N–H and O–H groups in total. The Morgan fingerprint density at radius 2 is 2.29 bits per heavy atom. The number of hydrogen-bond acceptors (Lipinski definition) is 3. The normalized spacial score (nSPS) is 10.7. The van der Waals surface area contributed by atoms with Gasteiger partial charge in [0.05, 0.1) is 0 Å². The number of hydrogen-bond donors (Lipinski definition) is 2. The first-order valence-electron chi connectivity index (χ1n) is 4.56. The molecule has 0 atom stereocenters. The summed E-state index contributed by atoms with van der Waals surface area (Å²) in [6.07, 6.45) is 3.82. The molecular formula is C11H15NO2. The number of phenolic OH excluding ortho intramolecular Hbond substituents is 1. The summed E-state index contributed by atoms with van der Waals surface area (Å²) in [6, 6.07) is 5.28. The summed E-state index contributed by atoms with van der Waals surface area (Å²) in [5.74, 6) is 0.623. The molecule has 14 heavy (non-hydrogen) atoms. The lowest BCUT2D eigenvalue weighted by Crippen LogP contribution is -2.10. The minimum absolute atomic E-state index is 0.147. The first kappa shape index (κ1) is 10.6. The molecular weight excluding hydrogens is 178 g/mol. The van der Waals surface area contributed by atoms with Crippen LogP contribution < -0.4 is 10.5 Å². The van der Waals surface area contributed by atoms with Crippen LogP contribution in [-0.2, 0) is 0 Å². The smallest absolute Gasteiger partial charge is 0.161 e. The van der Waals surface area contributed by atoms with Crippen molar-refractivity contribution in [3.63, 3.8) is 0 Å². The number of nitrogens with two attached hydrogens (primary N) is 1. The first-order chi connectivity index (χ1) is 6.77. The van der Waals surface area contributed by atoms with Crippen molar-refractivity contribution in [2.75, 3.05) is 13.2 Å². The minimum Gasteiger partial charge on any atom is -0.504 e. The van der Waals surface area contributed by atoms with Crippen LogP contribution in [0.3, 0.4) is 0 Å². The average Bonchev–Trinajstić information content (AvgIpc) is 2.17. The van der Waals surface area contributed by atoms with Crippen LogP contribution in [0.5, 0.6) is 11.5 Å². The van der Waals surface area contributed by atoms with E-state index in [0.717, 1.165) is 5.56 Å². The summed E-state index contributed by atoms with van der Waals surface area (Å²) in [7, 11) is 0. The SMILES string of the molecule is CC=Cc1ccc(OCCN)c(O)c1. The third kappa shape index (κ3) is 2.78. The van der Waals surface area contributed by atoms with E-state index in [1.165, 1.54) is 0 Å². The highest BCUT2D eigenvalue weighted by molar-refractivity contribution is 5.55. The summed E-state index contributed by atoms with van der Waals surface area (Å²) >= 11 is 0. The zero-order valence-corrected chi connectivity index (χ0v) is 8.23. The fraction of sp³-hybridized carbons (Fsp3) is 0.273. The van der Waals surface area contributed by atoms with Crippen LogP contribution >= 0.6 is 0 Å². The summed E-state index contributed by atoms with van der Waals surface area (Å²) in [5.41, 5.74) is 6.24. The fourth-order valence-corrected chi connectivity index (χ4v) is 1.12. The van der Waals surface area contributed by atoms with Gasteiger partial charge in [-0.3, -0.25) is 0 Å². The topological polar surface area (TPSA) is 55.5 Å². The minimum atomic E-state index is 0.147. The number of ether oxygens (including phenoxy) is 1. The van der Waals surface area contributed by atoms with Crippen LogP contribution in [0.4, 0.5) is 0 Å². The molecule has 0 saturated heterocycles. The molecule has 0 aliphatic carbocycles. The highest BCUT2D eigenvalue weighted by atomic mass is 16.5. The van der Waals surface area contributed by atoms with Crippen molar-refractivity contribution in [1.29, 1.82) is 0 Å². The largest absolute Gasteiger partial charge is 0.504 e. The number of allylic oxidation sites excluding steroid dienone is 1. The third-order valence-electron chi connectivity index (χ3n) is 1.72. The van der Waals surface area contributed by atoms with Gasteiger partial charge in [-0.1, -0.05) is 18.2 Å². The average molecular weight is 193 g/mol. The molecule has 0 unspecified atom stereocenters. The van der Waals surface area contributed by atoms with Gasteiger partial charge in [0.1, 0.15) is 6.61 Å². The Balaban J connectivity index is 2.79. The van der Waals surface area contributed by atoms with E-state index >= 15 is 0 Å². The molecule has 0 aromatic heterocycles. The number of benzene rings is 1. The molecule has 0 aliphatic rings. The Hall–Kier alpha value is -1.48. The zero-order valence-electron chi connectivity index (χ0n) is 8.23. The second-order valence-electron chi connectivity index (χ2n) is 2.86. The number of rotatable bonds is 4. The molecule has 0 radical (unpaired) electrons. The zero-order chi connectivity index (χ0) is 10.4. The van der Waals surface area contributed by atoms with Crippen molar-refractivity contribution in [1.82, 2.24) is 0 Å². The molecule has 0 spiro atoms. The molecule has 1 aromatic carbocycles. The van der Waals surface area contributed by atoms with E-state index in [4.69, 9.17) is 10.5 Å². The van der Waals surface area contributed by atoms with E-state index in [1.807, 2.05) is 25.1 Å². The van der Waals surface area contributed by atoms with E-state index in [0.29, 0.717) is 18.9 Å². The molecule has 1 aromatic rings.